The van der Waals surface area contributed by atoms with Crippen LogP contribution in [0.5, 0.6) is 0 Å². The minimum Gasteiger partial charge on any atom is -0.281 e. The molecular weight excluding hydrogens is 174 g/mol. The van der Waals surface area contributed by atoms with E-state index in [2.05, 4.69) is 10.3 Å². The van der Waals surface area contributed by atoms with Crippen LogP contribution in [0.3, 0.4) is 0 Å². The monoisotopic (exact) mass is 185 g/mol. The van der Waals surface area contributed by atoms with E-state index in [0.29, 0.717) is 5.82 Å². The van der Waals surface area contributed by atoms with E-state index >= 15 is 0 Å². The highest BCUT2D eigenvalue weighted by atomic mass is 16.6. The van der Waals surface area contributed by atoms with Crippen molar-refractivity contribution >= 4 is 5.82 Å². The van der Waals surface area contributed by atoms with Gasteiger partial charge in [0.1, 0.15) is 5.82 Å². The van der Waals surface area contributed by atoms with E-state index in [9.17, 15) is 9.59 Å². The molecule has 0 fully saturated rings. The zero-order valence-electron chi connectivity index (χ0n) is 7.70. The number of hydrogen-bond acceptors (Lipinski definition) is 4. The van der Waals surface area contributed by atoms with Crippen molar-refractivity contribution in [1.82, 2.24) is 9.13 Å². The molecule has 0 saturated carbocycles. The zero-order chi connectivity index (χ0) is 10.0. The first-order valence-corrected chi connectivity index (χ1v) is 3.64. The number of anilines is 1. The van der Waals surface area contributed by atoms with Gasteiger partial charge in [-0.15, -0.1) is 0 Å². The number of nitrogens with one attached hydrogen (secondary N) is 1. The van der Waals surface area contributed by atoms with Crippen LogP contribution in [0.1, 0.15) is 0 Å². The molecule has 0 aliphatic heterocycles. The SMILES string of the molecule is CONc1cc(=O)n(C)c(=O)n1C. The van der Waals surface area contributed by atoms with E-state index in [4.69, 9.17) is 0 Å². The number of nitrogens with zero attached hydrogens (tertiary/aromatic N) is 2. The van der Waals surface area contributed by atoms with E-state index in [1.165, 1.54) is 24.8 Å². The van der Waals surface area contributed by atoms with Crippen molar-refractivity contribution in [3.63, 3.8) is 0 Å². The van der Waals surface area contributed by atoms with Crippen LogP contribution in [0.25, 0.3) is 0 Å². The third-order valence-electron chi connectivity index (χ3n) is 1.73. The third kappa shape index (κ3) is 1.62. The Morgan fingerprint density at radius 1 is 1.31 bits per heavy atom. The van der Waals surface area contributed by atoms with Crippen molar-refractivity contribution in [2.24, 2.45) is 14.1 Å². The average molecular weight is 185 g/mol. The highest BCUT2D eigenvalue weighted by Crippen LogP contribution is 1.96. The molecule has 0 aliphatic carbocycles. The van der Waals surface area contributed by atoms with Crippen LogP contribution in [-0.2, 0) is 18.9 Å². The second-order valence-electron chi connectivity index (χ2n) is 2.57. The van der Waals surface area contributed by atoms with Crippen LogP contribution in [0.4, 0.5) is 5.82 Å². The Kier molecular flexibility index (Phi) is 2.52. The molecule has 0 aromatic carbocycles. The lowest BCUT2D eigenvalue weighted by Gasteiger charge is -2.08. The number of rotatable bonds is 2. The summed E-state index contributed by atoms with van der Waals surface area (Å²) in [5, 5.41) is 0. The second kappa shape index (κ2) is 3.44. The molecule has 72 valence electrons. The lowest BCUT2D eigenvalue weighted by Crippen LogP contribution is -2.37. The summed E-state index contributed by atoms with van der Waals surface area (Å²) < 4.78 is 2.30. The molecule has 0 amide bonds. The summed E-state index contributed by atoms with van der Waals surface area (Å²) in [5.41, 5.74) is 1.67. The van der Waals surface area contributed by atoms with Crippen LogP contribution in [0.2, 0.25) is 0 Å². The number of hydrogen-bond donors (Lipinski definition) is 1. The maximum atomic E-state index is 11.3. The van der Waals surface area contributed by atoms with Gasteiger partial charge in [-0.05, 0) is 0 Å². The fraction of sp³-hybridized carbons (Fsp3) is 0.429. The van der Waals surface area contributed by atoms with Gasteiger partial charge in [-0.25, -0.2) is 4.79 Å². The Balaban J connectivity index is 3.41. The van der Waals surface area contributed by atoms with Crippen molar-refractivity contribution in [1.29, 1.82) is 0 Å². The highest BCUT2D eigenvalue weighted by molar-refractivity contribution is 5.30. The van der Waals surface area contributed by atoms with Gasteiger partial charge in [0, 0.05) is 20.2 Å². The van der Waals surface area contributed by atoms with Gasteiger partial charge in [-0.3, -0.25) is 24.2 Å². The van der Waals surface area contributed by atoms with Crippen molar-refractivity contribution in [2.45, 2.75) is 0 Å². The van der Waals surface area contributed by atoms with Crippen LogP contribution >= 0.6 is 0 Å². The fourth-order valence-corrected chi connectivity index (χ4v) is 0.935. The molecule has 0 atom stereocenters. The molecule has 6 nitrogen and oxygen atoms in total. The summed E-state index contributed by atoms with van der Waals surface area (Å²) in [4.78, 5) is 27.1. The van der Waals surface area contributed by atoms with E-state index in [1.807, 2.05) is 0 Å². The molecule has 1 aromatic heterocycles. The van der Waals surface area contributed by atoms with Crippen molar-refractivity contribution in [3.05, 3.63) is 26.9 Å². The lowest BCUT2D eigenvalue weighted by molar-refractivity contribution is 0.266. The van der Waals surface area contributed by atoms with Gasteiger partial charge in [0.05, 0.1) is 7.11 Å². The van der Waals surface area contributed by atoms with Gasteiger partial charge in [0.25, 0.3) is 5.56 Å². The summed E-state index contributed by atoms with van der Waals surface area (Å²) in [5.74, 6) is 0.329. The maximum Gasteiger partial charge on any atom is 0.332 e. The van der Waals surface area contributed by atoms with E-state index in [-0.39, 0.29) is 5.56 Å². The van der Waals surface area contributed by atoms with Crippen molar-refractivity contribution in [3.8, 4) is 0 Å². The fourth-order valence-electron chi connectivity index (χ4n) is 0.935. The molecule has 0 spiro atoms. The smallest absolute Gasteiger partial charge is 0.281 e. The Bertz CT molecular complexity index is 418. The molecule has 0 saturated heterocycles. The largest absolute Gasteiger partial charge is 0.332 e. The molecule has 0 bridgehead atoms. The van der Waals surface area contributed by atoms with Crippen molar-refractivity contribution in [2.75, 3.05) is 12.6 Å². The topological polar surface area (TPSA) is 65.3 Å². The van der Waals surface area contributed by atoms with E-state index in [0.717, 1.165) is 4.57 Å². The molecular formula is C7H11N3O3. The first kappa shape index (κ1) is 9.53. The third-order valence-corrected chi connectivity index (χ3v) is 1.73. The van der Waals surface area contributed by atoms with Crippen LogP contribution in [-0.4, -0.2) is 16.2 Å². The summed E-state index contributed by atoms with van der Waals surface area (Å²) in [6.07, 6.45) is 0. The highest BCUT2D eigenvalue weighted by Gasteiger charge is 2.03. The van der Waals surface area contributed by atoms with Gasteiger partial charge in [-0.2, -0.15) is 0 Å². The Morgan fingerprint density at radius 3 is 2.46 bits per heavy atom. The summed E-state index contributed by atoms with van der Waals surface area (Å²) in [6.45, 7) is 0. The van der Waals surface area contributed by atoms with Crippen molar-refractivity contribution < 1.29 is 4.84 Å². The van der Waals surface area contributed by atoms with Gasteiger partial charge < -0.3 is 0 Å². The lowest BCUT2D eigenvalue weighted by atomic mass is 10.5. The van der Waals surface area contributed by atoms with Gasteiger partial charge in [0.15, 0.2) is 0 Å². The first-order valence-electron chi connectivity index (χ1n) is 3.64. The summed E-state index contributed by atoms with van der Waals surface area (Å²) in [7, 11) is 4.37. The van der Waals surface area contributed by atoms with E-state index < -0.39 is 5.69 Å². The predicted molar refractivity (Wildman–Crippen MR) is 47.6 cm³/mol. The molecule has 0 radical (unpaired) electrons. The number of aromatic nitrogens is 2. The van der Waals surface area contributed by atoms with Gasteiger partial charge in [0.2, 0.25) is 0 Å². The summed E-state index contributed by atoms with van der Waals surface area (Å²) >= 11 is 0. The first-order chi connectivity index (χ1) is 6.07. The van der Waals surface area contributed by atoms with E-state index in [1.54, 1.807) is 7.05 Å². The van der Waals surface area contributed by atoms with Gasteiger partial charge >= 0.3 is 5.69 Å². The molecule has 1 heterocycles. The molecule has 0 unspecified atom stereocenters. The normalized spacial score (nSPS) is 10.1. The minimum atomic E-state index is -0.396. The zero-order valence-corrected chi connectivity index (χ0v) is 7.70. The van der Waals surface area contributed by atoms with Gasteiger partial charge in [-0.1, -0.05) is 0 Å². The Hall–Kier alpha value is -1.56. The molecule has 6 heteroatoms. The Labute approximate surface area is 74.3 Å². The van der Waals surface area contributed by atoms with Crippen LogP contribution in [0.15, 0.2) is 15.7 Å². The minimum absolute atomic E-state index is 0.329. The van der Waals surface area contributed by atoms with Crippen LogP contribution < -0.4 is 16.7 Å². The average Bonchev–Trinajstić information content (AvgIpc) is 2.11. The quantitative estimate of drug-likeness (QED) is 0.604. The predicted octanol–water partition coefficient (Wildman–Crippen LogP) is -0.943. The molecule has 1 N–H and O–H groups in total. The molecule has 1 aromatic rings. The maximum absolute atomic E-state index is 11.3. The van der Waals surface area contributed by atoms with Crippen LogP contribution in [0, 0.1) is 0 Å². The second-order valence-corrected chi connectivity index (χ2v) is 2.57. The standard InChI is InChI=1S/C7H11N3O3/c1-9-5(8-13-3)4-6(11)10(2)7(9)12/h4,8H,1-3H3. The summed E-state index contributed by atoms with van der Waals surface area (Å²) in [6, 6.07) is 1.28. The molecule has 1 rings (SSSR count). The molecule has 0 aliphatic rings. The molecule has 13 heavy (non-hydrogen) atoms. The Morgan fingerprint density at radius 2 is 1.92 bits per heavy atom.